The van der Waals surface area contributed by atoms with Gasteiger partial charge in [0.05, 0.1) is 11.9 Å². The fourth-order valence-corrected chi connectivity index (χ4v) is 4.41. The molecule has 23 heavy (non-hydrogen) atoms. The highest BCUT2D eigenvalue weighted by Crippen LogP contribution is 2.16. The molecule has 0 bridgehead atoms. The fourth-order valence-electron chi connectivity index (χ4n) is 2.71. The van der Waals surface area contributed by atoms with E-state index in [-0.39, 0.29) is 24.3 Å². The quantitative estimate of drug-likeness (QED) is 0.765. The molecule has 5 nitrogen and oxygen atoms in total. The normalized spacial score (nSPS) is 18.6. The summed E-state index contributed by atoms with van der Waals surface area (Å²) in [5, 5.41) is 0. The minimum atomic E-state index is -3.33. The second-order valence-corrected chi connectivity index (χ2v) is 7.70. The van der Waals surface area contributed by atoms with E-state index in [2.05, 4.69) is 0 Å². The zero-order chi connectivity index (χ0) is 15.8. The van der Waals surface area contributed by atoms with Crippen LogP contribution in [0.3, 0.4) is 0 Å². The van der Waals surface area contributed by atoms with Crippen LogP contribution in [0.5, 0.6) is 0 Å². The molecule has 1 aliphatic heterocycles. The lowest BCUT2D eigenvalue weighted by molar-refractivity contribution is 0.0299. The Balaban J connectivity index is 0.00000264. The average molecular weight is 363 g/mol. The van der Waals surface area contributed by atoms with Crippen molar-refractivity contribution in [1.29, 1.82) is 0 Å². The minimum absolute atomic E-state index is 0. The molecule has 1 atom stereocenters. The SMILES string of the molecule is Cl.NCCN(CCc1ccccc1)S(=O)(=O)CC1CCCCO1. The third-order valence-corrected chi connectivity index (χ3v) is 5.88. The molecule has 2 N–H and O–H groups in total. The largest absolute Gasteiger partial charge is 0.377 e. The van der Waals surface area contributed by atoms with Gasteiger partial charge in [-0.05, 0) is 31.2 Å². The predicted molar refractivity (Wildman–Crippen MR) is 95.4 cm³/mol. The van der Waals surface area contributed by atoms with Crippen molar-refractivity contribution >= 4 is 22.4 Å². The lowest BCUT2D eigenvalue weighted by atomic mass is 10.1. The molecule has 0 radical (unpaired) electrons. The van der Waals surface area contributed by atoms with E-state index in [4.69, 9.17) is 10.5 Å². The van der Waals surface area contributed by atoms with Gasteiger partial charge in [0.2, 0.25) is 10.0 Å². The molecule has 1 aliphatic rings. The molecule has 1 saturated heterocycles. The molecule has 132 valence electrons. The van der Waals surface area contributed by atoms with Gasteiger partial charge in [0, 0.05) is 26.2 Å². The van der Waals surface area contributed by atoms with Crippen molar-refractivity contribution < 1.29 is 13.2 Å². The number of benzene rings is 1. The van der Waals surface area contributed by atoms with Crippen molar-refractivity contribution in [2.75, 3.05) is 32.0 Å². The molecule has 0 aliphatic carbocycles. The lowest BCUT2D eigenvalue weighted by Gasteiger charge is -2.27. The monoisotopic (exact) mass is 362 g/mol. The van der Waals surface area contributed by atoms with Gasteiger partial charge in [-0.3, -0.25) is 0 Å². The number of hydrogen-bond donors (Lipinski definition) is 1. The first-order chi connectivity index (χ1) is 10.6. The second-order valence-electron chi connectivity index (χ2n) is 5.69. The van der Waals surface area contributed by atoms with E-state index < -0.39 is 10.0 Å². The fraction of sp³-hybridized carbons (Fsp3) is 0.625. The number of sulfonamides is 1. The van der Waals surface area contributed by atoms with Crippen LogP contribution in [0.2, 0.25) is 0 Å². The van der Waals surface area contributed by atoms with Crippen molar-refractivity contribution in [3.63, 3.8) is 0 Å². The van der Waals surface area contributed by atoms with E-state index in [0.717, 1.165) is 24.8 Å². The van der Waals surface area contributed by atoms with Gasteiger partial charge in [-0.25, -0.2) is 12.7 Å². The molecule has 1 aromatic carbocycles. The van der Waals surface area contributed by atoms with Gasteiger partial charge < -0.3 is 10.5 Å². The standard InChI is InChI=1S/C16H26N2O3S.ClH/c17-10-12-18(11-9-15-6-2-1-3-7-15)22(19,20)14-16-8-4-5-13-21-16;/h1-3,6-7,16H,4-5,8-14,17H2;1H. The summed E-state index contributed by atoms with van der Waals surface area (Å²) in [4.78, 5) is 0. The molecular weight excluding hydrogens is 336 g/mol. The van der Waals surface area contributed by atoms with E-state index in [9.17, 15) is 8.42 Å². The Morgan fingerprint density at radius 3 is 2.52 bits per heavy atom. The summed E-state index contributed by atoms with van der Waals surface area (Å²) in [6.07, 6.45) is 3.42. The van der Waals surface area contributed by atoms with Gasteiger partial charge in [0.1, 0.15) is 0 Å². The van der Waals surface area contributed by atoms with E-state index in [1.165, 1.54) is 4.31 Å². The van der Waals surface area contributed by atoms with Gasteiger partial charge in [0.15, 0.2) is 0 Å². The maximum Gasteiger partial charge on any atom is 0.216 e. The third kappa shape index (κ3) is 6.77. The van der Waals surface area contributed by atoms with Gasteiger partial charge in [-0.1, -0.05) is 30.3 Å². The maximum absolute atomic E-state index is 12.6. The number of hydrogen-bond acceptors (Lipinski definition) is 4. The summed E-state index contributed by atoms with van der Waals surface area (Å²) in [6.45, 7) is 1.83. The van der Waals surface area contributed by atoms with Crippen LogP contribution in [-0.4, -0.2) is 50.8 Å². The van der Waals surface area contributed by atoms with Gasteiger partial charge >= 0.3 is 0 Å². The Morgan fingerprint density at radius 2 is 1.91 bits per heavy atom. The van der Waals surface area contributed by atoms with Crippen molar-refractivity contribution in [3.8, 4) is 0 Å². The van der Waals surface area contributed by atoms with Crippen molar-refractivity contribution in [1.82, 2.24) is 4.31 Å². The van der Waals surface area contributed by atoms with Crippen LogP contribution >= 0.6 is 12.4 Å². The highest BCUT2D eigenvalue weighted by Gasteiger charge is 2.27. The predicted octanol–water partition coefficient (Wildman–Crippen LogP) is 1.81. The van der Waals surface area contributed by atoms with Gasteiger partial charge in [0.25, 0.3) is 0 Å². The summed E-state index contributed by atoms with van der Waals surface area (Å²) in [5.41, 5.74) is 6.72. The number of nitrogens with two attached hydrogens (primary N) is 1. The molecule has 0 amide bonds. The first-order valence-electron chi connectivity index (χ1n) is 7.95. The molecule has 2 rings (SSSR count). The Labute approximate surface area is 145 Å². The summed E-state index contributed by atoms with van der Waals surface area (Å²) in [6, 6.07) is 9.91. The van der Waals surface area contributed by atoms with E-state index in [1.54, 1.807) is 0 Å². The van der Waals surface area contributed by atoms with Crippen LogP contribution in [0, 0.1) is 0 Å². The van der Waals surface area contributed by atoms with Gasteiger partial charge in [-0.2, -0.15) is 0 Å². The highest BCUT2D eigenvalue weighted by molar-refractivity contribution is 7.89. The lowest BCUT2D eigenvalue weighted by Crippen LogP contribution is -2.42. The Bertz CT molecular complexity index is 534. The molecule has 7 heteroatoms. The molecule has 1 unspecified atom stereocenters. The summed E-state index contributed by atoms with van der Waals surface area (Å²) in [5.74, 6) is 0.0712. The number of nitrogens with zero attached hydrogens (tertiary/aromatic N) is 1. The van der Waals surface area contributed by atoms with Crippen LogP contribution in [0.4, 0.5) is 0 Å². The van der Waals surface area contributed by atoms with Crippen molar-refractivity contribution in [2.45, 2.75) is 31.8 Å². The summed E-state index contributed by atoms with van der Waals surface area (Å²) < 4.78 is 32.3. The molecular formula is C16H27ClN2O3S. The van der Waals surface area contributed by atoms with Crippen LogP contribution in [-0.2, 0) is 21.2 Å². The van der Waals surface area contributed by atoms with E-state index in [1.807, 2.05) is 30.3 Å². The molecule has 1 aromatic rings. The Kier molecular flexibility index (Phi) is 9.09. The zero-order valence-corrected chi connectivity index (χ0v) is 15.0. The van der Waals surface area contributed by atoms with Crippen LogP contribution in [0.1, 0.15) is 24.8 Å². The molecule has 0 saturated carbocycles. The zero-order valence-electron chi connectivity index (χ0n) is 13.4. The summed E-state index contributed by atoms with van der Waals surface area (Å²) >= 11 is 0. The average Bonchev–Trinajstić information content (AvgIpc) is 2.53. The van der Waals surface area contributed by atoms with Crippen molar-refractivity contribution in [2.24, 2.45) is 5.73 Å². The summed E-state index contributed by atoms with van der Waals surface area (Å²) in [7, 11) is -3.33. The van der Waals surface area contributed by atoms with Gasteiger partial charge in [-0.15, -0.1) is 12.4 Å². The number of ether oxygens (including phenoxy) is 1. The van der Waals surface area contributed by atoms with E-state index >= 15 is 0 Å². The number of rotatable bonds is 8. The Hall–Kier alpha value is -0.660. The molecule has 0 aromatic heterocycles. The molecule has 1 heterocycles. The van der Waals surface area contributed by atoms with Crippen molar-refractivity contribution in [3.05, 3.63) is 35.9 Å². The third-order valence-electron chi connectivity index (χ3n) is 3.94. The van der Waals surface area contributed by atoms with Crippen LogP contribution in [0.25, 0.3) is 0 Å². The smallest absolute Gasteiger partial charge is 0.216 e. The minimum Gasteiger partial charge on any atom is -0.377 e. The Morgan fingerprint density at radius 1 is 1.17 bits per heavy atom. The van der Waals surface area contributed by atoms with Crippen LogP contribution in [0.15, 0.2) is 30.3 Å². The number of halogens is 1. The first kappa shape index (κ1) is 20.4. The first-order valence-corrected chi connectivity index (χ1v) is 9.56. The van der Waals surface area contributed by atoms with Crippen LogP contribution < -0.4 is 5.73 Å². The maximum atomic E-state index is 12.6. The molecule has 0 spiro atoms. The molecule has 1 fully saturated rings. The van der Waals surface area contributed by atoms with E-state index in [0.29, 0.717) is 32.7 Å². The highest BCUT2D eigenvalue weighted by atomic mass is 35.5. The topological polar surface area (TPSA) is 72.6 Å². The second kappa shape index (κ2) is 10.3.